The van der Waals surface area contributed by atoms with Crippen molar-refractivity contribution >= 4 is 11.6 Å². The first-order valence-corrected chi connectivity index (χ1v) is 8.04. The first-order valence-electron chi connectivity index (χ1n) is 7.60. The van der Waals surface area contributed by atoms with Gasteiger partial charge in [0.25, 0.3) is 0 Å². The van der Waals surface area contributed by atoms with Crippen molar-refractivity contribution < 1.29 is 4.42 Å². The second kappa shape index (κ2) is 5.80. The summed E-state index contributed by atoms with van der Waals surface area (Å²) >= 11 is 6.46. The van der Waals surface area contributed by atoms with E-state index in [4.69, 9.17) is 16.0 Å². The largest absolute Gasteiger partial charge is 0.423 e. The fourth-order valence-electron chi connectivity index (χ4n) is 3.21. The molecule has 2 aromatic rings. The summed E-state index contributed by atoms with van der Waals surface area (Å²) in [6, 6.07) is 9.85. The minimum Gasteiger partial charge on any atom is -0.423 e. The van der Waals surface area contributed by atoms with Gasteiger partial charge in [0.1, 0.15) is 5.38 Å². The monoisotopic (exact) mass is 304 g/mol. The molecule has 0 radical (unpaired) electrons. The Hall–Kier alpha value is -1.35. The van der Waals surface area contributed by atoms with E-state index in [2.05, 4.69) is 24.0 Å². The van der Waals surface area contributed by atoms with E-state index < -0.39 is 0 Å². The number of hydrogen-bond donors (Lipinski definition) is 0. The van der Waals surface area contributed by atoms with Crippen LogP contribution >= 0.6 is 11.6 Å². The molecule has 0 amide bonds. The van der Waals surface area contributed by atoms with E-state index >= 15 is 0 Å². The number of alkyl halides is 1. The van der Waals surface area contributed by atoms with Gasteiger partial charge in [0.2, 0.25) is 11.8 Å². The normalized spacial score (nSPS) is 22.9. The molecule has 2 unspecified atom stereocenters. The lowest BCUT2D eigenvalue weighted by molar-refractivity contribution is 0.171. The molecule has 0 spiro atoms. The first-order chi connectivity index (χ1) is 10.1. The Morgan fingerprint density at radius 1 is 1.19 bits per heavy atom. The number of rotatable bonds is 3. The van der Waals surface area contributed by atoms with Crippen LogP contribution in [0.3, 0.4) is 0 Å². The summed E-state index contributed by atoms with van der Waals surface area (Å²) in [6.07, 6.45) is 4.84. The van der Waals surface area contributed by atoms with E-state index in [9.17, 15) is 0 Å². The highest BCUT2D eigenvalue weighted by atomic mass is 35.5. The third-order valence-electron chi connectivity index (χ3n) is 4.57. The Balaban J connectivity index is 1.83. The Kier molecular flexibility index (Phi) is 4.03. The fourth-order valence-corrected chi connectivity index (χ4v) is 3.44. The minimum atomic E-state index is -0.376. The second-order valence-electron chi connectivity index (χ2n) is 6.54. The molecule has 1 heterocycles. The van der Waals surface area contributed by atoms with Gasteiger partial charge < -0.3 is 4.42 Å². The lowest BCUT2D eigenvalue weighted by Gasteiger charge is -2.36. The Morgan fingerprint density at radius 2 is 1.95 bits per heavy atom. The fraction of sp³-hybridized carbons (Fsp3) is 0.529. The molecule has 2 atom stereocenters. The third-order valence-corrected chi connectivity index (χ3v) is 5.01. The summed E-state index contributed by atoms with van der Waals surface area (Å²) in [5.74, 6) is 1.59. The summed E-state index contributed by atoms with van der Waals surface area (Å²) in [5, 5.41) is 8.09. The van der Waals surface area contributed by atoms with E-state index in [0.29, 0.717) is 11.8 Å². The zero-order valence-electron chi connectivity index (χ0n) is 12.6. The molecule has 1 aliphatic carbocycles. The molecule has 3 rings (SSSR count). The quantitative estimate of drug-likeness (QED) is 0.742. The molecule has 1 fully saturated rings. The van der Waals surface area contributed by atoms with Gasteiger partial charge >= 0.3 is 0 Å². The van der Waals surface area contributed by atoms with E-state index in [0.717, 1.165) is 17.9 Å². The molecule has 0 N–H and O–H groups in total. The zero-order valence-corrected chi connectivity index (χ0v) is 13.3. The number of aromatic nitrogens is 2. The van der Waals surface area contributed by atoms with Gasteiger partial charge in [-0.3, -0.25) is 0 Å². The maximum atomic E-state index is 6.46. The molecule has 112 valence electrons. The van der Waals surface area contributed by atoms with Crippen LogP contribution in [0.2, 0.25) is 0 Å². The third kappa shape index (κ3) is 2.98. The summed E-state index contributed by atoms with van der Waals surface area (Å²) in [6.45, 7) is 4.58. The highest BCUT2D eigenvalue weighted by Crippen LogP contribution is 2.46. The smallest absolute Gasteiger partial charge is 0.238 e. The van der Waals surface area contributed by atoms with Crippen LogP contribution in [0, 0.1) is 5.41 Å². The van der Waals surface area contributed by atoms with Gasteiger partial charge in [-0.05, 0) is 23.8 Å². The predicted octanol–water partition coefficient (Wildman–Crippen LogP) is 5.08. The van der Waals surface area contributed by atoms with E-state index in [-0.39, 0.29) is 10.8 Å². The average molecular weight is 305 g/mol. The van der Waals surface area contributed by atoms with Gasteiger partial charge in [0.05, 0.1) is 0 Å². The molecule has 0 bridgehead atoms. The Labute approximate surface area is 130 Å². The van der Waals surface area contributed by atoms with Crippen LogP contribution in [0.15, 0.2) is 34.7 Å². The molecular weight excluding hydrogens is 284 g/mol. The summed E-state index contributed by atoms with van der Waals surface area (Å²) in [7, 11) is 0. The van der Waals surface area contributed by atoms with E-state index in [1.165, 1.54) is 19.3 Å². The van der Waals surface area contributed by atoms with Crippen LogP contribution < -0.4 is 0 Å². The van der Waals surface area contributed by atoms with Crippen LogP contribution in [0.1, 0.15) is 68.2 Å². The standard InChI is InChI=1S/C17H21ClN2O/c1-17(2)11-7-6-10-13(17)15-19-20-16(21-15)14(18)12-8-4-3-5-9-12/h3-5,8-9,13-14H,6-7,10-11H2,1-2H3. The van der Waals surface area contributed by atoms with Gasteiger partial charge in [-0.2, -0.15) is 0 Å². The minimum absolute atomic E-state index is 0.219. The molecule has 0 aliphatic heterocycles. The van der Waals surface area contributed by atoms with Crippen LogP contribution in [0.25, 0.3) is 0 Å². The van der Waals surface area contributed by atoms with Gasteiger partial charge in [-0.1, -0.05) is 57.0 Å². The van der Waals surface area contributed by atoms with Crippen LogP contribution in [-0.4, -0.2) is 10.2 Å². The SMILES string of the molecule is CC1(C)CCCCC1c1nnc(C(Cl)c2ccccc2)o1. The van der Waals surface area contributed by atoms with Gasteiger partial charge in [-0.15, -0.1) is 21.8 Å². The molecule has 3 nitrogen and oxygen atoms in total. The van der Waals surface area contributed by atoms with Crippen LogP contribution in [0.4, 0.5) is 0 Å². The van der Waals surface area contributed by atoms with Crippen molar-refractivity contribution in [3.63, 3.8) is 0 Å². The maximum absolute atomic E-state index is 6.46. The topological polar surface area (TPSA) is 38.9 Å². The second-order valence-corrected chi connectivity index (χ2v) is 6.98. The van der Waals surface area contributed by atoms with Gasteiger partial charge in [0, 0.05) is 5.92 Å². The zero-order chi connectivity index (χ0) is 14.9. The summed E-state index contributed by atoms with van der Waals surface area (Å²) in [5.41, 5.74) is 1.20. The maximum Gasteiger partial charge on any atom is 0.238 e. The van der Waals surface area contributed by atoms with Gasteiger partial charge in [0.15, 0.2) is 0 Å². The lowest BCUT2D eigenvalue weighted by Crippen LogP contribution is -2.26. The molecule has 1 aromatic carbocycles. The predicted molar refractivity (Wildman–Crippen MR) is 83.4 cm³/mol. The highest BCUT2D eigenvalue weighted by Gasteiger charge is 2.37. The molecule has 1 aromatic heterocycles. The van der Waals surface area contributed by atoms with Gasteiger partial charge in [-0.25, -0.2) is 0 Å². The van der Waals surface area contributed by atoms with Crippen molar-refractivity contribution in [2.75, 3.05) is 0 Å². The number of halogens is 1. The average Bonchev–Trinajstić information content (AvgIpc) is 2.96. The van der Waals surface area contributed by atoms with E-state index in [1.807, 2.05) is 30.3 Å². The van der Waals surface area contributed by atoms with Crippen molar-refractivity contribution in [3.8, 4) is 0 Å². The van der Waals surface area contributed by atoms with Crippen molar-refractivity contribution in [2.24, 2.45) is 5.41 Å². The lowest BCUT2D eigenvalue weighted by atomic mass is 9.69. The number of nitrogens with zero attached hydrogens (tertiary/aromatic N) is 2. The number of hydrogen-bond acceptors (Lipinski definition) is 3. The van der Waals surface area contributed by atoms with Crippen molar-refractivity contribution in [1.29, 1.82) is 0 Å². The Bertz CT molecular complexity index is 594. The number of benzene rings is 1. The molecule has 1 aliphatic rings. The molecule has 1 saturated carbocycles. The van der Waals surface area contributed by atoms with Crippen molar-refractivity contribution in [1.82, 2.24) is 10.2 Å². The van der Waals surface area contributed by atoms with Crippen molar-refractivity contribution in [2.45, 2.75) is 50.8 Å². The highest BCUT2D eigenvalue weighted by molar-refractivity contribution is 6.22. The molecule has 4 heteroatoms. The van der Waals surface area contributed by atoms with Crippen LogP contribution in [0.5, 0.6) is 0 Å². The molecular formula is C17H21ClN2O. The first kappa shape index (κ1) is 14.6. The summed E-state index contributed by atoms with van der Waals surface area (Å²) < 4.78 is 5.92. The summed E-state index contributed by atoms with van der Waals surface area (Å²) in [4.78, 5) is 0. The van der Waals surface area contributed by atoms with E-state index in [1.54, 1.807) is 0 Å². The van der Waals surface area contributed by atoms with Crippen LogP contribution in [-0.2, 0) is 0 Å². The molecule has 0 saturated heterocycles. The Morgan fingerprint density at radius 3 is 2.67 bits per heavy atom. The van der Waals surface area contributed by atoms with Crippen molar-refractivity contribution in [3.05, 3.63) is 47.7 Å². The molecule has 21 heavy (non-hydrogen) atoms.